The van der Waals surface area contributed by atoms with Crippen LogP contribution in [0.25, 0.3) is 17.1 Å². The van der Waals surface area contributed by atoms with E-state index in [-0.39, 0.29) is 0 Å². The highest BCUT2D eigenvalue weighted by Crippen LogP contribution is 2.22. The van der Waals surface area contributed by atoms with Crippen molar-refractivity contribution in [3.63, 3.8) is 0 Å². The molecular weight excluding hydrogens is 285 g/mol. The molecule has 0 unspecified atom stereocenters. The largest absolute Gasteiger partial charge is 0.244 e. The normalized spacial score (nSPS) is 10.6. The van der Waals surface area contributed by atoms with Crippen LogP contribution in [0.5, 0.6) is 0 Å². The summed E-state index contributed by atoms with van der Waals surface area (Å²) in [5.74, 6) is 0.424. The number of pyridine rings is 1. The summed E-state index contributed by atoms with van der Waals surface area (Å²) in [4.78, 5) is 5.39. The highest BCUT2D eigenvalue weighted by Gasteiger charge is 2.10. The molecule has 0 atom stereocenters. The molecule has 0 aliphatic heterocycles. The second-order valence-electron chi connectivity index (χ2n) is 3.72. The Morgan fingerprint density at radius 2 is 1.79 bits per heavy atom. The smallest absolute Gasteiger partial charge is 0.208 e. The zero-order valence-electron chi connectivity index (χ0n) is 9.53. The zero-order valence-corrected chi connectivity index (χ0v) is 11.0. The summed E-state index contributed by atoms with van der Waals surface area (Å²) in [5, 5.41) is 13.2. The van der Waals surface area contributed by atoms with Crippen LogP contribution in [0.1, 0.15) is 0 Å². The van der Waals surface area contributed by atoms with Crippen LogP contribution < -0.4 is 0 Å². The predicted molar refractivity (Wildman–Crippen MR) is 72.4 cm³/mol. The molecule has 1 aromatic carbocycles. The number of rotatable bonds is 2. The zero-order chi connectivity index (χ0) is 13.2. The molecule has 0 amide bonds. The molecule has 3 aromatic rings. The van der Waals surface area contributed by atoms with Gasteiger partial charge in [-0.15, -0.1) is 15.0 Å². The van der Waals surface area contributed by atoms with Crippen molar-refractivity contribution in [1.29, 1.82) is 0 Å². The molecule has 0 spiro atoms. The van der Waals surface area contributed by atoms with Gasteiger partial charge in [0, 0.05) is 11.2 Å². The van der Waals surface area contributed by atoms with Gasteiger partial charge in [0.2, 0.25) is 5.82 Å². The first-order valence-corrected chi connectivity index (χ1v) is 6.16. The molecule has 19 heavy (non-hydrogen) atoms. The first kappa shape index (κ1) is 12.1. The number of nitrogens with zero attached hydrogens (tertiary/aromatic N) is 5. The van der Waals surface area contributed by atoms with Gasteiger partial charge < -0.3 is 0 Å². The minimum absolute atomic E-state index is 0.346. The fourth-order valence-corrected chi connectivity index (χ4v) is 1.89. The molecule has 0 bridgehead atoms. The van der Waals surface area contributed by atoms with Crippen LogP contribution in [-0.2, 0) is 0 Å². The van der Waals surface area contributed by atoms with Crippen molar-refractivity contribution >= 4 is 23.2 Å². The van der Waals surface area contributed by atoms with Gasteiger partial charge in [0.05, 0.1) is 11.3 Å². The summed E-state index contributed by atoms with van der Waals surface area (Å²) in [6.07, 6.45) is 1.61. The molecule has 0 aliphatic rings. The maximum atomic E-state index is 5.99. The first-order valence-electron chi connectivity index (χ1n) is 5.41. The van der Waals surface area contributed by atoms with Crippen LogP contribution in [0.3, 0.4) is 0 Å². The minimum Gasteiger partial charge on any atom is -0.244 e. The molecule has 5 nitrogen and oxygen atoms in total. The van der Waals surface area contributed by atoms with Crippen LogP contribution in [-0.4, -0.2) is 25.2 Å². The van der Waals surface area contributed by atoms with Gasteiger partial charge in [-0.25, -0.2) is 4.98 Å². The molecule has 0 saturated carbocycles. The van der Waals surface area contributed by atoms with Gasteiger partial charge in [-0.2, -0.15) is 0 Å². The van der Waals surface area contributed by atoms with E-state index in [4.69, 9.17) is 23.2 Å². The van der Waals surface area contributed by atoms with Gasteiger partial charge in [-0.3, -0.25) is 0 Å². The number of hydrogen-bond donors (Lipinski definition) is 0. The number of hydrogen-bond acceptors (Lipinski definition) is 4. The summed E-state index contributed by atoms with van der Waals surface area (Å²) in [5.41, 5.74) is 1.41. The van der Waals surface area contributed by atoms with Crippen molar-refractivity contribution in [2.24, 2.45) is 0 Å². The van der Waals surface area contributed by atoms with E-state index in [2.05, 4.69) is 20.4 Å². The van der Waals surface area contributed by atoms with E-state index >= 15 is 0 Å². The van der Waals surface area contributed by atoms with Crippen LogP contribution in [0.2, 0.25) is 10.2 Å². The average Bonchev–Trinajstić information content (AvgIpc) is 2.89. The van der Waals surface area contributed by atoms with Crippen molar-refractivity contribution in [2.45, 2.75) is 0 Å². The van der Waals surface area contributed by atoms with E-state index < -0.39 is 0 Å². The monoisotopic (exact) mass is 291 g/mol. The predicted octanol–water partition coefficient (Wildman–Crippen LogP) is 3.03. The molecule has 0 aliphatic carbocycles. The number of tetrazole rings is 1. The Balaban J connectivity index is 2.00. The van der Waals surface area contributed by atoms with Gasteiger partial charge >= 0.3 is 0 Å². The lowest BCUT2D eigenvalue weighted by Gasteiger charge is -1.98. The van der Waals surface area contributed by atoms with Crippen LogP contribution in [0, 0.1) is 0 Å². The van der Waals surface area contributed by atoms with Crippen molar-refractivity contribution in [1.82, 2.24) is 25.2 Å². The molecular formula is C12H7Cl2N5. The highest BCUT2D eigenvalue weighted by molar-refractivity contribution is 6.31. The van der Waals surface area contributed by atoms with Gasteiger partial charge in [0.1, 0.15) is 5.15 Å². The fraction of sp³-hybridized carbons (Fsp3) is 0. The van der Waals surface area contributed by atoms with E-state index in [1.165, 1.54) is 4.80 Å². The molecule has 3 rings (SSSR count). The van der Waals surface area contributed by atoms with Crippen LogP contribution >= 0.6 is 23.2 Å². The maximum Gasteiger partial charge on any atom is 0.208 e. The lowest BCUT2D eigenvalue weighted by atomic mass is 10.3. The molecule has 7 heteroatoms. The van der Waals surface area contributed by atoms with Gasteiger partial charge in [-0.1, -0.05) is 23.2 Å². The number of aromatic nitrogens is 5. The van der Waals surface area contributed by atoms with Gasteiger partial charge in [0.15, 0.2) is 0 Å². The van der Waals surface area contributed by atoms with Crippen molar-refractivity contribution in [3.8, 4) is 17.1 Å². The van der Waals surface area contributed by atoms with Crippen LogP contribution in [0.15, 0.2) is 42.6 Å². The second kappa shape index (κ2) is 4.95. The Morgan fingerprint density at radius 3 is 2.53 bits per heavy atom. The Bertz CT molecular complexity index is 708. The number of benzene rings is 1. The molecule has 94 valence electrons. The van der Waals surface area contributed by atoms with Crippen molar-refractivity contribution in [2.75, 3.05) is 0 Å². The fourth-order valence-electron chi connectivity index (χ4n) is 1.56. The third kappa shape index (κ3) is 2.43. The van der Waals surface area contributed by atoms with Crippen LogP contribution in [0.4, 0.5) is 0 Å². The Kier molecular flexibility index (Phi) is 3.15. The van der Waals surface area contributed by atoms with E-state index in [9.17, 15) is 0 Å². The van der Waals surface area contributed by atoms with E-state index in [1.54, 1.807) is 42.6 Å². The topological polar surface area (TPSA) is 56.5 Å². The standard InChI is InChI=1S/C12H7Cl2N5/c13-8-3-5-9(6-4-8)19-17-12(16-18-19)10-2-1-7-15-11(10)14/h1-7H. The third-order valence-corrected chi connectivity index (χ3v) is 3.02. The highest BCUT2D eigenvalue weighted by atomic mass is 35.5. The van der Waals surface area contributed by atoms with Gasteiger partial charge in [0.25, 0.3) is 0 Å². The molecule has 0 N–H and O–H groups in total. The lowest BCUT2D eigenvalue weighted by molar-refractivity contribution is 0.720. The average molecular weight is 292 g/mol. The maximum absolute atomic E-state index is 5.99. The molecule has 0 saturated heterocycles. The van der Waals surface area contributed by atoms with E-state index in [0.717, 1.165) is 5.69 Å². The second-order valence-corrected chi connectivity index (χ2v) is 4.52. The van der Waals surface area contributed by atoms with E-state index in [1.807, 2.05) is 0 Å². The van der Waals surface area contributed by atoms with Crippen molar-refractivity contribution < 1.29 is 0 Å². The Labute approximate surface area is 118 Å². The number of halogens is 2. The molecule has 0 radical (unpaired) electrons. The summed E-state index contributed by atoms with van der Waals surface area (Å²) < 4.78 is 0. The summed E-state index contributed by atoms with van der Waals surface area (Å²) in [6, 6.07) is 10.7. The van der Waals surface area contributed by atoms with Crippen molar-refractivity contribution in [3.05, 3.63) is 52.8 Å². The Hall–Kier alpha value is -1.98. The van der Waals surface area contributed by atoms with Gasteiger partial charge in [-0.05, 0) is 41.6 Å². The third-order valence-electron chi connectivity index (χ3n) is 2.47. The first-order chi connectivity index (χ1) is 9.24. The summed E-state index contributed by atoms with van der Waals surface area (Å²) >= 11 is 11.8. The molecule has 2 heterocycles. The minimum atomic E-state index is 0.346. The SMILES string of the molecule is Clc1ccc(-n2nnc(-c3cccnc3Cl)n2)cc1. The molecule has 2 aromatic heterocycles. The lowest BCUT2D eigenvalue weighted by Crippen LogP contribution is -1.98. The summed E-state index contributed by atoms with van der Waals surface area (Å²) in [6.45, 7) is 0. The summed E-state index contributed by atoms with van der Waals surface area (Å²) in [7, 11) is 0. The quantitative estimate of drug-likeness (QED) is 0.681. The molecule has 0 fully saturated rings. The Morgan fingerprint density at radius 1 is 1.00 bits per heavy atom. The van der Waals surface area contributed by atoms with E-state index in [0.29, 0.717) is 21.6 Å².